The first-order chi connectivity index (χ1) is 14.1. The van der Waals surface area contributed by atoms with Gasteiger partial charge in [0, 0.05) is 62.7 Å². The van der Waals surface area contributed by atoms with Crippen molar-refractivity contribution in [1.29, 1.82) is 0 Å². The van der Waals surface area contributed by atoms with E-state index in [0.717, 1.165) is 42.9 Å². The predicted octanol–water partition coefficient (Wildman–Crippen LogP) is 1.27. The molecule has 150 valence electrons. The maximum Gasteiger partial charge on any atom is 0.270 e. The average molecular weight is 392 g/mol. The molecule has 3 fully saturated rings. The molecule has 4 aliphatic rings. The number of hydrogen-bond acceptors (Lipinski definition) is 6. The quantitative estimate of drug-likeness (QED) is 0.828. The van der Waals surface area contributed by atoms with Crippen LogP contribution in [0.4, 0.5) is 5.82 Å². The van der Waals surface area contributed by atoms with Crippen LogP contribution in [0.2, 0.25) is 0 Å². The number of pyridine rings is 1. The van der Waals surface area contributed by atoms with Crippen molar-refractivity contribution in [3.05, 3.63) is 35.8 Å². The largest absolute Gasteiger partial charge is 0.351 e. The minimum atomic E-state index is -0.148. The Labute approximate surface area is 169 Å². The monoisotopic (exact) mass is 392 g/mol. The van der Waals surface area contributed by atoms with Crippen LogP contribution in [-0.4, -0.2) is 63.9 Å². The van der Waals surface area contributed by atoms with Gasteiger partial charge in [0.15, 0.2) is 5.82 Å². The Kier molecular flexibility index (Phi) is 4.41. The van der Waals surface area contributed by atoms with Crippen LogP contribution in [-0.2, 0) is 11.2 Å². The number of fused-ring (bicyclic) bond motifs is 5. The topological polar surface area (TPSA) is 91.3 Å². The van der Waals surface area contributed by atoms with Gasteiger partial charge in [0.05, 0.1) is 0 Å². The van der Waals surface area contributed by atoms with E-state index in [9.17, 15) is 9.59 Å². The molecule has 29 heavy (non-hydrogen) atoms. The number of carbonyl (C=O) groups excluding carboxylic acids is 2. The lowest BCUT2D eigenvalue weighted by Gasteiger charge is -2.38. The predicted molar refractivity (Wildman–Crippen MR) is 107 cm³/mol. The van der Waals surface area contributed by atoms with Crippen molar-refractivity contribution in [3.63, 3.8) is 0 Å². The second-order valence-corrected chi connectivity index (χ2v) is 8.12. The summed E-state index contributed by atoms with van der Waals surface area (Å²) in [6.07, 6.45) is 6.29. The van der Waals surface area contributed by atoms with Crippen LogP contribution in [0.15, 0.2) is 24.5 Å². The van der Waals surface area contributed by atoms with E-state index in [2.05, 4.69) is 20.2 Å². The van der Waals surface area contributed by atoms with Gasteiger partial charge in [-0.25, -0.2) is 9.97 Å². The number of anilines is 1. The normalized spacial score (nSPS) is 23.4. The first-order valence-corrected chi connectivity index (χ1v) is 10.2. The first-order valence-electron chi connectivity index (χ1n) is 10.2. The SMILES string of the molecule is CC(=O)N1C[C@@H]2CC[C@H](C1)N(c1nc(-c3cccnc3)nc3c1CCNC3=O)C2. The fourth-order valence-electron chi connectivity index (χ4n) is 4.73. The van der Waals surface area contributed by atoms with Crippen LogP contribution in [0.3, 0.4) is 0 Å². The summed E-state index contributed by atoms with van der Waals surface area (Å²) in [4.78, 5) is 42.6. The molecule has 2 atom stereocenters. The highest BCUT2D eigenvalue weighted by Crippen LogP contribution is 2.35. The Hall–Kier alpha value is -3.03. The smallest absolute Gasteiger partial charge is 0.270 e. The Morgan fingerprint density at radius 1 is 1.21 bits per heavy atom. The van der Waals surface area contributed by atoms with Gasteiger partial charge in [-0.15, -0.1) is 0 Å². The highest BCUT2D eigenvalue weighted by Gasteiger charge is 2.38. The number of carbonyl (C=O) groups is 2. The maximum atomic E-state index is 12.6. The van der Waals surface area contributed by atoms with Crippen LogP contribution < -0.4 is 10.2 Å². The number of hydrogen-bond donors (Lipinski definition) is 1. The molecular formula is C21H24N6O2. The van der Waals surface area contributed by atoms with E-state index in [1.807, 2.05) is 17.0 Å². The molecule has 2 aromatic heterocycles. The summed E-state index contributed by atoms with van der Waals surface area (Å²) in [5.41, 5.74) is 2.17. The molecule has 2 aromatic rings. The van der Waals surface area contributed by atoms with Gasteiger partial charge < -0.3 is 15.1 Å². The summed E-state index contributed by atoms with van der Waals surface area (Å²) in [5, 5.41) is 2.90. The van der Waals surface area contributed by atoms with Gasteiger partial charge in [0.25, 0.3) is 5.91 Å². The van der Waals surface area contributed by atoms with Crippen molar-refractivity contribution in [1.82, 2.24) is 25.2 Å². The standard InChI is InChI=1S/C21H24N6O2/c1-13(28)26-10-14-4-5-16(12-26)27(11-14)20-17-6-8-23-21(29)18(17)24-19(25-20)15-3-2-7-22-9-15/h2-3,7,9,14,16H,4-6,8,10-12H2,1H3,(H,23,29)/t14-,16+/m0/s1. The second-order valence-electron chi connectivity index (χ2n) is 8.12. The average Bonchev–Trinajstić information content (AvgIpc) is 3.07. The zero-order valence-corrected chi connectivity index (χ0v) is 16.5. The Bertz CT molecular complexity index is 963. The third kappa shape index (κ3) is 3.22. The third-order valence-electron chi connectivity index (χ3n) is 6.21. The molecule has 2 amide bonds. The first kappa shape index (κ1) is 18.0. The summed E-state index contributed by atoms with van der Waals surface area (Å²) < 4.78 is 0. The van der Waals surface area contributed by atoms with Crippen molar-refractivity contribution < 1.29 is 9.59 Å². The van der Waals surface area contributed by atoms with Crippen molar-refractivity contribution >= 4 is 17.6 Å². The molecule has 2 bridgehead atoms. The molecule has 6 heterocycles. The van der Waals surface area contributed by atoms with Crippen LogP contribution in [0.1, 0.15) is 35.8 Å². The van der Waals surface area contributed by atoms with Gasteiger partial charge >= 0.3 is 0 Å². The Morgan fingerprint density at radius 2 is 2.10 bits per heavy atom. The minimum Gasteiger partial charge on any atom is -0.351 e. The molecule has 1 N–H and O–H groups in total. The molecule has 0 aliphatic carbocycles. The van der Waals surface area contributed by atoms with Gasteiger partial charge in [-0.2, -0.15) is 0 Å². The van der Waals surface area contributed by atoms with Crippen LogP contribution >= 0.6 is 0 Å². The van der Waals surface area contributed by atoms with Crippen molar-refractivity contribution in [2.45, 2.75) is 32.2 Å². The van der Waals surface area contributed by atoms with Gasteiger partial charge in [0.1, 0.15) is 11.5 Å². The highest BCUT2D eigenvalue weighted by atomic mass is 16.2. The number of aromatic nitrogens is 3. The minimum absolute atomic E-state index is 0.129. The van der Waals surface area contributed by atoms with Gasteiger partial charge in [0.2, 0.25) is 5.91 Å². The van der Waals surface area contributed by atoms with E-state index in [0.29, 0.717) is 36.9 Å². The van der Waals surface area contributed by atoms with E-state index < -0.39 is 0 Å². The summed E-state index contributed by atoms with van der Waals surface area (Å²) in [6, 6.07) is 3.96. The zero-order chi connectivity index (χ0) is 20.0. The van der Waals surface area contributed by atoms with Crippen molar-refractivity contribution in [2.75, 3.05) is 31.1 Å². The molecule has 0 aromatic carbocycles. The summed E-state index contributed by atoms with van der Waals surface area (Å²) >= 11 is 0. The number of nitrogens with one attached hydrogen (secondary N) is 1. The van der Waals surface area contributed by atoms with Crippen LogP contribution in [0.25, 0.3) is 11.4 Å². The molecule has 0 unspecified atom stereocenters. The van der Waals surface area contributed by atoms with E-state index in [-0.39, 0.29) is 17.9 Å². The summed E-state index contributed by atoms with van der Waals surface area (Å²) in [5.74, 6) is 1.77. The number of rotatable bonds is 2. The Morgan fingerprint density at radius 3 is 2.90 bits per heavy atom. The molecular weight excluding hydrogens is 368 g/mol. The fourth-order valence-corrected chi connectivity index (χ4v) is 4.73. The highest BCUT2D eigenvalue weighted by molar-refractivity contribution is 5.96. The lowest BCUT2D eigenvalue weighted by Crippen LogP contribution is -2.46. The number of nitrogens with zero attached hydrogens (tertiary/aromatic N) is 5. The summed E-state index contributed by atoms with van der Waals surface area (Å²) in [6.45, 7) is 4.60. The molecule has 0 spiro atoms. The van der Waals surface area contributed by atoms with Crippen molar-refractivity contribution in [3.8, 4) is 11.4 Å². The van der Waals surface area contributed by atoms with E-state index >= 15 is 0 Å². The van der Waals surface area contributed by atoms with Crippen LogP contribution in [0.5, 0.6) is 0 Å². The molecule has 0 saturated carbocycles. The van der Waals surface area contributed by atoms with Gasteiger partial charge in [-0.1, -0.05) is 0 Å². The third-order valence-corrected chi connectivity index (χ3v) is 6.21. The second kappa shape index (κ2) is 7.09. The van der Waals surface area contributed by atoms with Gasteiger partial charge in [-0.3, -0.25) is 14.6 Å². The van der Waals surface area contributed by atoms with E-state index in [1.165, 1.54) is 0 Å². The molecule has 6 rings (SSSR count). The fraction of sp³-hybridized carbons (Fsp3) is 0.476. The lowest BCUT2D eigenvalue weighted by atomic mass is 9.94. The Balaban J connectivity index is 1.62. The van der Waals surface area contributed by atoms with E-state index in [1.54, 1.807) is 19.3 Å². The molecule has 3 saturated heterocycles. The lowest BCUT2D eigenvalue weighted by molar-refractivity contribution is -0.129. The zero-order valence-electron chi connectivity index (χ0n) is 16.5. The van der Waals surface area contributed by atoms with E-state index in [4.69, 9.17) is 4.98 Å². The number of piperidine rings is 1. The molecule has 8 heteroatoms. The van der Waals surface area contributed by atoms with Crippen molar-refractivity contribution in [2.24, 2.45) is 5.92 Å². The molecule has 8 nitrogen and oxygen atoms in total. The molecule has 0 radical (unpaired) electrons. The van der Waals surface area contributed by atoms with Gasteiger partial charge in [-0.05, 0) is 37.3 Å². The molecule has 4 aliphatic heterocycles. The number of amides is 2. The summed E-state index contributed by atoms with van der Waals surface area (Å²) in [7, 11) is 0. The maximum absolute atomic E-state index is 12.6. The van der Waals surface area contributed by atoms with Crippen LogP contribution in [0, 0.1) is 5.92 Å².